The lowest BCUT2D eigenvalue weighted by Gasteiger charge is -2.24. The van der Waals surface area contributed by atoms with Gasteiger partial charge in [0.25, 0.3) is 0 Å². The highest BCUT2D eigenvalue weighted by molar-refractivity contribution is 14.0. The molecule has 0 amide bonds. The predicted octanol–water partition coefficient (Wildman–Crippen LogP) is 3.06. The van der Waals surface area contributed by atoms with Gasteiger partial charge < -0.3 is 10.6 Å². The van der Waals surface area contributed by atoms with Crippen molar-refractivity contribution in [2.24, 2.45) is 4.99 Å². The zero-order valence-electron chi connectivity index (χ0n) is 12.9. The van der Waals surface area contributed by atoms with E-state index in [9.17, 15) is 0 Å². The van der Waals surface area contributed by atoms with Crippen molar-refractivity contribution in [3.8, 4) is 0 Å². The van der Waals surface area contributed by atoms with E-state index >= 15 is 0 Å². The fourth-order valence-corrected chi connectivity index (χ4v) is 4.19. The molecule has 7 heteroatoms. The summed E-state index contributed by atoms with van der Waals surface area (Å²) in [5, 5.41) is 10.1. The maximum absolute atomic E-state index is 4.47. The number of aryl methyl sites for hydroxylation is 1. The number of thioether (sulfide) groups is 1. The quantitative estimate of drug-likeness (QED) is 0.420. The first-order valence-corrected chi connectivity index (χ1v) is 8.97. The molecule has 21 heavy (non-hydrogen) atoms. The topological polar surface area (TPSA) is 49.3 Å². The summed E-state index contributed by atoms with van der Waals surface area (Å²) in [5.74, 6) is 2.18. The van der Waals surface area contributed by atoms with Crippen LogP contribution in [-0.2, 0) is 6.42 Å². The highest BCUT2D eigenvalue weighted by Crippen LogP contribution is 2.36. The molecule has 0 bridgehead atoms. The van der Waals surface area contributed by atoms with Gasteiger partial charge >= 0.3 is 0 Å². The summed E-state index contributed by atoms with van der Waals surface area (Å²) in [4.78, 5) is 8.75. The van der Waals surface area contributed by atoms with Crippen molar-refractivity contribution in [3.63, 3.8) is 0 Å². The van der Waals surface area contributed by atoms with Crippen molar-refractivity contribution in [1.29, 1.82) is 0 Å². The number of nitrogens with zero attached hydrogens (tertiary/aromatic N) is 2. The van der Waals surface area contributed by atoms with Crippen LogP contribution in [0.1, 0.15) is 30.5 Å². The molecule has 2 rings (SSSR count). The van der Waals surface area contributed by atoms with E-state index in [-0.39, 0.29) is 24.0 Å². The van der Waals surface area contributed by atoms with E-state index in [0.29, 0.717) is 4.75 Å². The van der Waals surface area contributed by atoms with E-state index in [1.54, 1.807) is 11.3 Å². The molecule has 1 aromatic heterocycles. The Morgan fingerprint density at radius 2 is 2.29 bits per heavy atom. The number of aliphatic imine (C=N–C) groups is 1. The van der Waals surface area contributed by atoms with Crippen LogP contribution in [0.15, 0.2) is 10.4 Å². The van der Waals surface area contributed by atoms with Gasteiger partial charge in [0.05, 0.1) is 10.7 Å². The molecule has 0 saturated carbocycles. The van der Waals surface area contributed by atoms with Crippen LogP contribution in [0.3, 0.4) is 0 Å². The van der Waals surface area contributed by atoms with Gasteiger partial charge in [-0.15, -0.1) is 35.3 Å². The summed E-state index contributed by atoms with van der Waals surface area (Å²) in [7, 11) is 1.83. The Balaban J connectivity index is 0.00000220. The van der Waals surface area contributed by atoms with Crippen LogP contribution < -0.4 is 10.6 Å². The molecule has 4 nitrogen and oxygen atoms in total. The highest BCUT2D eigenvalue weighted by Gasteiger charge is 2.29. The van der Waals surface area contributed by atoms with Crippen molar-refractivity contribution in [2.45, 2.75) is 37.9 Å². The zero-order chi connectivity index (χ0) is 14.4. The van der Waals surface area contributed by atoms with Gasteiger partial charge in [0, 0.05) is 36.7 Å². The molecule has 1 aromatic rings. The summed E-state index contributed by atoms with van der Waals surface area (Å²) >= 11 is 3.77. The molecule has 0 radical (unpaired) electrons. The van der Waals surface area contributed by atoms with E-state index in [1.807, 2.05) is 14.0 Å². The summed E-state index contributed by atoms with van der Waals surface area (Å²) in [5.41, 5.74) is 1.16. The number of hydrogen-bond acceptors (Lipinski definition) is 4. The molecule has 1 atom stereocenters. The minimum atomic E-state index is 0. The van der Waals surface area contributed by atoms with Gasteiger partial charge in [0.2, 0.25) is 0 Å². The van der Waals surface area contributed by atoms with Crippen LogP contribution >= 0.6 is 47.1 Å². The standard InChI is InChI=1S/C14H24N4S2.HI/c1-11-18-12(9-19-11)5-7-16-13(15-3)17-10-14(2)6-4-8-20-14;/h9H,4-8,10H2,1-3H3,(H2,15,16,17);1H. The molecule has 1 fully saturated rings. The number of hydrogen-bond donors (Lipinski definition) is 2. The maximum Gasteiger partial charge on any atom is 0.191 e. The smallest absolute Gasteiger partial charge is 0.191 e. The molecule has 120 valence electrons. The first kappa shape index (κ1) is 19.0. The van der Waals surface area contributed by atoms with Crippen LogP contribution in [-0.4, -0.2) is 41.6 Å². The van der Waals surface area contributed by atoms with Gasteiger partial charge in [0.15, 0.2) is 5.96 Å². The lowest BCUT2D eigenvalue weighted by Crippen LogP contribution is -2.44. The van der Waals surface area contributed by atoms with Gasteiger partial charge in [-0.1, -0.05) is 0 Å². The van der Waals surface area contributed by atoms with Crippen molar-refractivity contribution >= 4 is 53.0 Å². The molecule has 1 aliphatic heterocycles. The number of nitrogens with one attached hydrogen (secondary N) is 2. The summed E-state index contributed by atoms with van der Waals surface area (Å²) < 4.78 is 0.365. The normalized spacial score (nSPS) is 22.0. The first-order chi connectivity index (χ1) is 9.61. The Labute approximate surface area is 153 Å². The number of aromatic nitrogens is 1. The Morgan fingerprint density at radius 1 is 1.48 bits per heavy atom. The molecule has 1 aliphatic rings. The van der Waals surface area contributed by atoms with Gasteiger partial charge in [-0.05, 0) is 32.4 Å². The zero-order valence-corrected chi connectivity index (χ0v) is 16.9. The average molecular weight is 440 g/mol. The van der Waals surface area contributed by atoms with E-state index in [0.717, 1.165) is 36.2 Å². The van der Waals surface area contributed by atoms with Crippen LogP contribution in [0, 0.1) is 6.92 Å². The van der Waals surface area contributed by atoms with Gasteiger partial charge in [0.1, 0.15) is 0 Å². The number of guanidine groups is 1. The second-order valence-electron chi connectivity index (χ2n) is 5.36. The van der Waals surface area contributed by atoms with Gasteiger partial charge in [-0.25, -0.2) is 4.98 Å². The minimum absolute atomic E-state index is 0. The van der Waals surface area contributed by atoms with Gasteiger partial charge in [-0.3, -0.25) is 4.99 Å². The fraction of sp³-hybridized carbons (Fsp3) is 0.714. The van der Waals surface area contributed by atoms with Crippen molar-refractivity contribution in [2.75, 3.05) is 25.9 Å². The predicted molar refractivity (Wildman–Crippen MR) is 105 cm³/mol. The lowest BCUT2D eigenvalue weighted by atomic mass is 10.1. The minimum Gasteiger partial charge on any atom is -0.356 e. The molecule has 0 spiro atoms. The molecule has 1 saturated heterocycles. The van der Waals surface area contributed by atoms with Crippen molar-refractivity contribution in [3.05, 3.63) is 16.1 Å². The number of halogens is 1. The van der Waals surface area contributed by atoms with E-state index in [4.69, 9.17) is 0 Å². The number of rotatable bonds is 5. The van der Waals surface area contributed by atoms with Crippen molar-refractivity contribution < 1.29 is 0 Å². The summed E-state index contributed by atoms with van der Waals surface area (Å²) in [6.07, 6.45) is 3.56. The third-order valence-corrected chi connectivity index (χ3v) is 5.85. The molecule has 0 aliphatic carbocycles. The molecular weight excluding hydrogens is 415 g/mol. The monoisotopic (exact) mass is 440 g/mol. The maximum atomic E-state index is 4.47. The SMILES string of the molecule is CN=C(NCCc1csc(C)n1)NCC1(C)CCCS1.I. The molecular formula is C14H25IN4S2. The van der Waals surface area contributed by atoms with E-state index in [1.165, 1.54) is 18.6 Å². The lowest BCUT2D eigenvalue weighted by molar-refractivity contribution is 0.584. The molecule has 0 aromatic carbocycles. The molecule has 2 N–H and O–H groups in total. The molecule has 2 heterocycles. The van der Waals surface area contributed by atoms with Gasteiger partial charge in [-0.2, -0.15) is 11.8 Å². The number of thiazole rings is 1. The molecule has 1 unspecified atom stereocenters. The summed E-state index contributed by atoms with van der Waals surface area (Å²) in [6, 6.07) is 0. The third kappa shape index (κ3) is 6.32. The summed E-state index contributed by atoms with van der Waals surface area (Å²) in [6.45, 7) is 6.23. The van der Waals surface area contributed by atoms with Crippen LogP contribution in [0.25, 0.3) is 0 Å². The van der Waals surface area contributed by atoms with Crippen LogP contribution in [0.5, 0.6) is 0 Å². The van der Waals surface area contributed by atoms with Crippen LogP contribution in [0.4, 0.5) is 0 Å². The largest absolute Gasteiger partial charge is 0.356 e. The van der Waals surface area contributed by atoms with Crippen LogP contribution in [0.2, 0.25) is 0 Å². The van der Waals surface area contributed by atoms with E-state index in [2.05, 4.69) is 44.7 Å². The Bertz CT molecular complexity index is 456. The first-order valence-electron chi connectivity index (χ1n) is 7.11. The Morgan fingerprint density at radius 3 is 2.86 bits per heavy atom. The van der Waals surface area contributed by atoms with Crippen molar-refractivity contribution in [1.82, 2.24) is 15.6 Å². The fourth-order valence-electron chi connectivity index (χ4n) is 2.30. The second kappa shape index (κ2) is 9.19. The second-order valence-corrected chi connectivity index (χ2v) is 8.11. The third-order valence-electron chi connectivity index (χ3n) is 3.49. The highest BCUT2D eigenvalue weighted by atomic mass is 127. The average Bonchev–Trinajstić information content (AvgIpc) is 3.03. The Hall–Kier alpha value is -0.0200. The van der Waals surface area contributed by atoms with E-state index < -0.39 is 0 Å². The Kier molecular flexibility index (Phi) is 8.33.